The van der Waals surface area contributed by atoms with Crippen molar-refractivity contribution in [1.29, 1.82) is 0 Å². The third-order valence-electron chi connectivity index (χ3n) is 3.13. The van der Waals surface area contributed by atoms with Crippen molar-refractivity contribution in [3.05, 3.63) is 0 Å². The van der Waals surface area contributed by atoms with Crippen molar-refractivity contribution in [3.8, 4) is 0 Å². The first-order chi connectivity index (χ1) is 8.95. The molecule has 0 aliphatic heterocycles. The highest BCUT2D eigenvalue weighted by Crippen LogP contribution is 2.23. The van der Waals surface area contributed by atoms with Crippen molar-refractivity contribution in [2.45, 2.75) is 37.8 Å². The number of aliphatic hydroxyl groups excluding tert-OH is 1. The number of nitrogens with zero attached hydrogens (tertiary/aromatic N) is 1. The SMILES string of the molecule is NC(=O)CN(C(=O)NC(CO)C(=O)O)C1CCCC1. The number of urea groups is 1. The lowest BCUT2D eigenvalue weighted by molar-refractivity contribution is -0.140. The number of carboxylic acids is 1. The summed E-state index contributed by atoms with van der Waals surface area (Å²) in [6.07, 6.45) is 3.43. The van der Waals surface area contributed by atoms with Gasteiger partial charge in [0.25, 0.3) is 0 Å². The van der Waals surface area contributed by atoms with E-state index in [9.17, 15) is 14.4 Å². The number of primary amides is 1. The largest absolute Gasteiger partial charge is 0.480 e. The standard InChI is InChI=1S/C11H19N3O5/c12-9(16)5-14(7-3-1-2-4-7)11(19)13-8(6-15)10(17)18/h7-8,15H,1-6H2,(H2,12,16)(H,13,19)(H,17,18). The molecule has 0 aromatic rings. The summed E-state index contributed by atoms with van der Waals surface area (Å²) in [5.41, 5.74) is 5.10. The number of rotatable bonds is 6. The van der Waals surface area contributed by atoms with E-state index in [4.69, 9.17) is 15.9 Å². The van der Waals surface area contributed by atoms with Gasteiger partial charge in [0, 0.05) is 6.04 Å². The summed E-state index contributed by atoms with van der Waals surface area (Å²) in [6.45, 7) is -0.968. The van der Waals surface area contributed by atoms with Gasteiger partial charge in [-0.25, -0.2) is 9.59 Å². The molecule has 8 heteroatoms. The Balaban J connectivity index is 2.70. The molecule has 1 rings (SSSR count). The van der Waals surface area contributed by atoms with Gasteiger partial charge in [-0.1, -0.05) is 12.8 Å². The lowest BCUT2D eigenvalue weighted by Gasteiger charge is -2.29. The molecule has 0 radical (unpaired) electrons. The lowest BCUT2D eigenvalue weighted by Crippen LogP contribution is -2.54. The molecule has 0 aromatic carbocycles. The summed E-state index contributed by atoms with van der Waals surface area (Å²) < 4.78 is 0. The van der Waals surface area contributed by atoms with Crippen molar-refractivity contribution in [2.75, 3.05) is 13.2 Å². The van der Waals surface area contributed by atoms with Gasteiger partial charge in [-0.15, -0.1) is 0 Å². The highest BCUT2D eigenvalue weighted by molar-refractivity contribution is 5.86. The summed E-state index contributed by atoms with van der Waals surface area (Å²) in [7, 11) is 0. The highest BCUT2D eigenvalue weighted by Gasteiger charge is 2.30. The maximum absolute atomic E-state index is 12.0. The smallest absolute Gasteiger partial charge is 0.328 e. The Morgan fingerprint density at radius 1 is 1.32 bits per heavy atom. The van der Waals surface area contributed by atoms with E-state index < -0.39 is 30.6 Å². The second-order valence-corrected chi connectivity index (χ2v) is 4.56. The summed E-state index contributed by atoms with van der Waals surface area (Å²) in [5.74, 6) is -1.99. The first-order valence-corrected chi connectivity index (χ1v) is 6.14. The number of hydrogen-bond donors (Lipinski definition) is 4. The zero-order valence-corrected chi connectivity index (χ0v) is 10.5. The molecule has 0 saturated heterocycles. The zero-order chi connectivity index (χ0) is 14.4. The predicted molar refractivity (Wildman–Crippen MR) is 65.2 cm³/mol. The van der Waals surface area contributed by atoms with Gasteiger partial charge >= 0.3 is 12.0 Å². The van der Waals surface area contributed by atoms with Crippen LogP contribution in [0.3, 0.4) is 0 Å². The molecule has 0 aromatic heterocycles. The molecule has 1 fully saturated rings. The van der Waals surface area contributed by atoms with Crippen LogP contribution in [0.25, 0.3) is 0 Å². The second-order valence-electron chi connectivity index (χ2n) is 4.56. The molecule has 1 atom stereocenters. The minimum atomic E-state index is -1.38. The van der Waals surface area contributed by atoms with Gasteiger partial charge < -0.3 is 26.2 Å². The zero-order valence-electron chi connectivity index (χ0n) is 10.5. The van der Waals surface area contributed by atoms with E-state index in [-0.39, 0.29) is 12.6 Å². The van der Waals surface area contributed by atoms with Crippen LogP contribution in [0.2, 0.25) is 0 Å². The molecule has 0 heterocycles. The normalized spacial score (nSPS) is 16.9. The maximum Gasteiger partial charge on any atom is 0.328 e. The highest BCUT2D eigenvalue weighted by atomic mass is 16.4. The van der Waals surface area contributed by atoms with Crippen LogP contribution in [0.15, 0.2) is 0 Å². The third-order valence-corrected chi connectivity index (χ3v) is 3.13. The van der Waals surface area contributed by atoms with Gasteiger partial charge in [-0.3, -0.25) is 4.79 Å². The minimum Gasteiger partial charge on any atom is -0.480 e. The Morgan fingerprint density at radius 2 is 1.89 bits per heavy atom. The predicted octanol–water partition coefficient (Wildman–Crippen LogP) is -1.13. The van der Waals surface area contributed by atoms with Crippen LogP contribution in [0, 0.1) is 0 Å². The first-order valence-electron chi connectivity index (χ1n) is 6.14. The molecule has 3 amide bonds. The van der Waals surface area contributed by atoms with E-state index in [1.807, 2.05) is 0 Å². The molecular formula is C11H19N3O5. The van der Waals surface area contributed by atoms with E-state index >= 15 is 0 Å². The van der Waals surface area contributed by atoms with Crippen LogP contribution >= 0.6 is 0 Å². The quantitative estimate of drug-likeness (QED) is 0.486. The van der Waals surface area contributed by atoms with Gasteiger partial charge in [-0.05, 0) is 12.8 Å². The van der Waals surface area contributed by atoms with E-state index in [1.165, 1.54) is 4.90 Å². The van der Waals surface area contributed by atoms with Crippen molar-refractivity contribution in [1.82, 2.24) is 10.2 Å². The molecule has 8 nitrogen and oxygen atoms in total. The average molecular weight is 273 g/mol. The number of amides is 3. The average Bonchev–Trinajstić information content (AvgIpc) is 2.85. The Morgan fingerprint density at radius 3 is 2.32 bits per heavy atom. The molecule has 1 aliphatic rings. The fourth-order valence-electron chi connectivity index (χ4n) is 2.17. The summed E-state index contributed by atoms with van der Waals surface area (Å²) >= 11 is 0. The van der Waals surface area contributed by atoms with Crippen molar-refractivity contribution < 1.29 is 24.6 Å². The van der Waals surface area contributed by atoms with Gasteiger partial charge in [-0.2, -0.15) is 0 Å². The molecule has 19 heavy (non-hydrogen) atoms. The molecule has 1 aliphatic carbocycles. The molecule has 108 valence electrons. The molecular weight excluding hydrogens is 254 g/mol. The van der Waals surface area contributed by atoms with E-state index in [2.05, 4.69) is 5.32 Å². The van der Waals surface area contributed by atoms with Gasteiger partial charge in [0.05, 0.1) is 6.61 Å². The van der Waals surface area contributed by atoms with Gasteiger partial charge in [0.2, 0.25) is 5.91 Å². The van der Waals surface area contributed by atoms with Gasteiger partial charge in [0.1, 0.15) is 6.54 Å². The number of carbonyl (C=O) groups is 3. The van der Waals surface area contributed by atoms with Crippen LogP contribution < -0.4 is 11.1 Å². The van der Waals surface area contributed by atoms with Crippen molar-refractivity contribution in [2.24, 2.45) is 5.73 Å². The number of nitrogens with two attached hydrogens (primary N) is 1. The van der Waals surface area contributed by atoms with Crippen molar-refractivity contribution >= 4 is 17.9 Å². The number of hydrogen-bond acceptors (Lipinski definition) is 4. The topological polar surface area (TPSA) is 133 Å². The summed E-state index contributed by atoms with van der Waals surface area (Å²) in [6, 6.07) is -2.18. The Labute approximate surface area is 110 Å². The number of nitrogens with one attached hydrogen (secondary N) is 1. The summed E-state index contributed by atoms with van der Waals surface area (Å²) in [5, 5.41) is 19.8. The van der Waals surface area contributed by atoms with Crippen LogP contribution in [-0.4, -0.2) is 58.3 Å². The fraction of sp³-hybridized carbons (Fsp3) is 0.727. The van der Waals surface area contributed by atoms with Crippen LogP contribution in [0.5, 0.6) is 0 Å². The molecule has 5 N–H and O–H groups in total. The molecule has 1 saturated carbocycles. The minimum absolute atomic E-state index is 0.111. The molecule has 0 bridgehead atoms. The number of carbonyl (C=O) groups excluding carboxylic acids is 2. The first kappa shape index (κ1) is 15.2. The van der Waals surface area contributed by atoms with E-state index in [0.717, 1.165) is 25.7 Å². The fourth-order valence-corrected chi connectivity index (χ4v) is 2.17. The Kier molecular flexibility index (Phi) is 5.56. The van der Waals surface area contributed by atoms with Gasteiger partial charge in [0.15, 0.2) is 6.04 Å². The number of aliphatic carboxylic acids is 1. The van der Waals surface area contributed by atoms with E-state index in [1.54, 1.807) is 0 Å². The van der Waals surface area contributed by atoms with Crippen LogP contribution in [0.4, 0.5) is 4.79 Å². The third kappa shape index (κ3) is 4.40. The molecule has 1 unspecified atom stereocenters. The Bertz CT molecular complexity index is 354. The van der Waals surface area contributed by atoms with Crippen LogP contribution in [0.1, 0.15) is 25.7 Å². The maximum atomic E-state index is 12.0. The molecule has 0 spiro atoms. The monoisotopic (exact) mass is 273 g/mol. The second kappa shape index (κ2) is 6.93. The summed E-state index contributed by atoms with van der Waals surface area (Å²) in [4.78, 5) is 35.0. The lowest BCUT2D eigenvalue weighted by atomic mass is 10.2. The van der Waals surface area contributed by atoms with E-state index in [0.29, 0.717) is 0 Å². The number of aliphatic hydroxyl groups is 1. The number of carboxylic acid groups (broad SMARTS) is 1. The van der Waals surface area contributed by atoms with Crippen LogP contribution in [-0.2, 0) is 9.59 Å². The Hall–Kier alpha value is -1.83. The van der Waals surface area contributed by atoms with Crippen molar-refractivity contribution in [3.63, 3.8) is 0 Å².